The van der Waals surface area contributed by atoms with Crippen LogP contribution in [-0.2, 0) is 4.74 Å². The summed E-state index contributed by atoms with van der Waals surface area (Å²) in [5.41, 5.74) is 3.58. The van der Waals surface area contributed by atoms with Gasteiger partial charge in [0.25, 0.3) is 0 Å². The molecular weight excluding hydrogens is 362 g/mol. The molecule has 0 atom stereocenters. The summed E-state index contributed by atoms with van der Waals surface area (Å²) in [6.07, 6.45) is 0. The first kappa shape index (κ1) is 19.2. The summed E-state index contributed by atoms with van der Waals surface area (Å²) in [6.45, 7) is 6.52. The number of pyridine rings is 1. The van der Waals surface area contributed by atoms with Crippen molar-refractivity contribution in [3.05, 3.63) is 58.7 Å². The van der Waals surface area contributed by atoms with Crippen molar-refractivity contribution in [2.75, 3.05) is 13.7 Å². The van der Waals surface area contributed by atoms with Gasteiger partial charge in [-0.15, -0.1) is 0 Å². The van der Waals surface area contributed by atoms with Gasteiger partial charge in [0, 0.05) is 16.0 Å². The second kappa shape index (κ2) is 7.97. The minimum absolute atomic E-state index is 0.0491. The van der Waals surface area contributed by atoms with Gasteiger partial charge in [0.15, 0.2) is 0 Å². The maximum absolute atomic E-state index is 12.7. The van der Waals surface area contributed by atoms with E-state index in [2.05, 4.69) is 0 Å². The first-order valence-electron chi connectivity index (χ1n) is 8.91. The Kier molecular flexibility index (Phi) is 5.66. The third-order valence-corrected chi connectivity index (χ3v) is 4.58. The molecule has 0 saturated carbocycles. The molecule has 0 aliphatic heterocycles. The quantitative estimate of drug-likeness (QED) is 0.517. The molecule has 0 amide bonds. The monoisotopic (exact) mass is 383 g/mol. The van der Waals surface area contributed by atoms with Crippen LogP contribution in [-0.4, -0.2) is 24.7 Å². The van der Waals surface area contributed by atoms with Gasteiger partial charge >= 0.3 is 5.97 Å². The predicted octanol–water partition coefficient (Wildman–Crippen LogP) is 5.86. The van der Waals surface area contributed by atoms with Crippen molar-refractivity contribution in [1.29, 1.82) is 0 Å². The number of hydrogen-bond acceptors (Lipinski definition) is 4. The fourth-order valence-electron chi connectivity index (χ4n) is 3.19. The molecule has 0 fully saturated rings. The van der Waals surface area contributed by atoms with Gasteiger partial charge in [0.05, 0.1) is 30.5 Å². The molecule has 0 aliphatic rings. The summed E-state index contributed by atoms with van der Waals surface area (Å²) < 4.78 is 10.8. The van der Waals surface area contributed by atoms with Crippen molar-refractivity contribution in [3.8, 4) is 16.9 Å². The molecule has 3 rings (SSSR count). The Bertz CT molecular complexity index is 998. The Morgan fingerprint density at radius 1 is 1.19 bits per heavy atom. The van der Waals surface area contributed by atoms with E-state index < -0.39 is 5.97 Å². The Morgan fingerprint density at radius 2 is 1.96 bits per heavy atom. The number of hydrogen-bond donors (Lipinski definition) is 0. The number of carbonyl (C=O) groups excluding carboxylic acids is 1. The summed E-state index contributed by atoms with van der Waals surface area (Å²) in [7, 11) is 1.38. The molecule has 5 heteroatoms. The van der Waals surface area contributed by atoms with E-state index in [4.69, 9.17) is 26.1 Å². The lowest BCUT2D eigenvalue weighted by Gasteiger charge is -2.18. The molecule has 0 unspecified atom stereocenters. The van der Waals surface area contributed by atoms with E-state index in [1.807, 2.05) is 57.2 Å². The van der Waals surface area contributed by atoms with Gasteiger partial charge in [0.2, 0.25) is 0 Å². The Labute approximate surface area is 164 Å². The minimum atomic E-state index is -0.412. The molecule has 27 heavy (non-hydrogen) atoms. The van der Waals surface area contributed by atoms with Crippen molar-refractivity contribution in [2.45, 2.75) is 26.7 Å². The topological polar surface area (TPSA) is 48.4 Å². The van der Waals surface area contributed by atoms with Crippen molar-refractivity contribution in [1.82, 2.24) is 4.98 Å². The van der Waals surface area contributed by atoms with Crippen molar-refractivity contribution >= 4 is 28.5 Å². The average molecular weight is 384 g/mol. The first-order valence-corrected chi connectivity index (χ1v) is 9.28. The lowest BCUT2D eigenvalue weighted by Crippen LogP contribution is -2.12. The number of aromatic nitrogens is 1. The standard InChI is InChI=1S/C22H22ClNO3/c1-5-27-16-8-6-7-14(11-16)19-17-12-15(23)9-10-18(17)24-21(13(2)3)20(19)22(25)26-4/h6-13H,5H2,1-4H3. The molecule has 3 aromatic rings. The van der Waals surface area contributed by atoms with E-state index in [1.165, 1.54) is 7.11 Å². The second-order valence-electron chi connectivity index (χ2n) is 6.52. The third-order valence-electron chi connectivity index (χ3n) is 4.35. The third kappa shape index (κ3) is 3.76. The number of nitrogens with zero attached hydrogens (tertiary/aromatic N) is 1. The predicted molar refractivity (Wildman–Crippen MR) is 109 cm³/mol. The number of carbonyl (C=O) groups is 1. The van der Waals surface area contributed by atoms with E-state index in [1.54, 1.807) is 6.07 Å². The molecule has 0 bridgehead atoms. The highest BCUT2D eigenvalue weighted by atomic mass is 35.5. The maximum atomic E-state index is 12.7. The summed E-state index contributed by atoms with van der Waals surface area (Å²) in [4.78, 5) is 17.5. The van der Waals surface area contributed by atoms with Crippen LogP contribution in [0.2, 0.25) is 5.02 Å². The van der Waals surface area contributed by atoms with Gasteiger partial charge in [0.1, 0.15) is 5.75 Å². The van der Waals surface area contributed by atoms with Crippen molar-refractivity contribution < 1.29 is 14.3 Å². The van der Waals surface area contributed by atoms with Crippen LogP contribution in [0.15, 0.2) is 42.5 Å². The van der Waals surface area contributed by atoms with Crippen LogP contribution in [0.3, 0.4) is 0 Å². The van der Waals surface area contributed by atoms with Crippen molar-refractivity contribution in [3.63, 3.8) is 0 Å². The average Bonchev–Trinajstić information content (AvgIpc) is 2.66. The molecule has 140 valence electrons. The van der Waals surface area contributed by atoms with E-state index >= 15 is 0 Å². The highest BCUT2D eigenvalue weighted by Crippen LogP contribution is 2.38. The Hall–Kier alpha value is -2.59. The smallest absolute Gasteiger partial charge is 0.340 e. The van der Waals surface area contributed by atoms with E-state index in [-0.39, 0.29) is 5.92 Å². The molecule has 1 aromatic heterocycles. The van der Waals surface area contributed by atoms with Crippen LogP contribution in [0.1, 0.15) is 42.7 Å². The highest BCUT2D eigenvalue weighted by molar-refractivity contribution is 6.31. The molecule has 1 heterocycles. The van der Waals surface area contributed by atoms with Gasteiger partial charge < -0.3 is 9.47 Å². The molecule has 0 radical (unpaired) electrons. The molecule has 0 aliphatic carbocycles. The largest absolute Gasteiger partial charge is 0.494 e. The minimum Gasteiger partial charge on any atom is -0.494 e. The van der Waals surface area contributed by atoms with Crippen LogP contribution in [0.5, 0.6) is 5.75 Å². The zero-order chi connectivity index (χ0) is 19.6. The van der Waals surface area contributed by atoms with Crippen LogP contribution in [0.4, 0.5) is 0 Å². The number of benzene rings is 2. The second-order valence-corrected chi connectivity index (χ2v) is 6.95. The van der Waals surface area contributed by atoms with Gasteiger partial charge in [-0.1, -0.05) is 37.6 Å². The number of esters is 1. The van der Waals surface area contributed by atoms with Gasteiger partial charge in [-0.25, -0.2) is 4.79 Å². The van der Waals surface area contributed by atoms with Crippen LogP contribution in [0, 0.1) is 0 Å². The highest BCUT2D eigenvalue weighted by Gasteiger charge is 2.24. The van der Waals surface area contributed by atoms with Crippen LogP contribution < -0.4 is 4.74 Å². The number of methoxy groups -OCH3 is 1. The summed E-state index contributed by atoms with van der Waals surface area (Å²) in [5.74, 6) is 0.377. The summed E-state index contributed by atoms with van der Waals surface area (Å²) in [5, 5.41) is 1.39. The molecule has 4 nitrogen and oxygen atoms in total. The van der Waals surface area contributed by atoms with E-state index in [9.17, 15) is 4.79 Å². The SMILES string of the molecule is CCOc1cccc(-c2c(C(=O)OC)c(C(C)C)nc3ccc(Cl)cc23)c1. The zero-order valence-electron chi connectivity index (χ0n) is 15.9. The lowest BCUT2D eigenvalue weighted by molar-refractivity contribution is 0.0599. The molecule has 0 N–H and O–H groups in total. The maximum Gasteiger partial charge on any atom is 0.340 e. The lowest BCUT2D eigenvalue weighted by atomic mass is 9.91. The first-order chi connectivity index (χ1) is 13.0. The normalized spacial score (nSPS) is 11.0. The fraction of sp³-hybridized carbons (Fsp3) is 0.273. The number of ether oxygens (including phenoxy) is 2. The number of rotatable bonds is 5. The van der Waals surface area contributed by atoms with E-state index in [0.717, 1.165) is 27.8 Å². The van der Waals surface area contributed by atoms with Crippen LogP contribution >= 0.6 is 11.6 Å². The fourth-order valence-corrected chi connectivity index (χ4v) is 3.36. The number of fused-ring (bicyclic) bond motifs is 1. The Balaban J connectivity index is 2.44. The van der Waals surface area contributed by atoms with Gasteiger partial charge in [-0.3, -0.25) is 4.98 Å². The molecule has 2 aromatic carbocycles. The number of halogens is 1. The summed E-state index contributed by atoms with van der Waals surface area (Å²) >= 11 is 6.26. The summed E-state index contributed by atoms with van der Waals surface area (Å²) in [6, 6.07) is 13.2. The van der Waals surface area contributed by atoms with Crippen LogP contribution in [0.25, 0.3) is 22.0 Å². The zero-order valence-corrected chi connectivity index (χ0v) is 16.6. The molecule has 0 saturated heterocycles. The molecule has 0 spiro atoms. The van der Waals surface area contributed by atoms with Gasteiger partial charge in [-0.05, 0) is 48.7 Å². The Morgan fingerprint density at radius 3 is 2.63 bits per heavy atom. The molecular formula is C22H22ClNO3. The van der Waals surface area contributed by atoms with Crippen molar-refractivity contribution in [2.24, 2.45) is 0 Å². The van der Waals surface area contributed by atoms with Gasteiger partial charge in [-0.2, -0.15) is 0 Å². The van der Waals surface area contributed by atoms with E-state index in [0.29, 0.717) is 22.9 Å².